The average Bonchev–Trinajstić information content (AvgIpc) is 2.98. The molecule has 1 saturated heterocycles. The monoisotopic (exact) mass is 489 g/mol. The van der Waals surface area contributed by atoms with Gasteiger partial charge in [0, 0.05) is 28.1 Å². The zero-order valence-corrected chi connectivity index (χ0v) is 22.6. The van der Waals surface area contributed by atoms with Crippen LogP contribution in [0.5, 0.6) is 0 Å². The number of nitrogens with zero attached hydrogens (tertiary/aromatic N) is 1. The topological polar surface area (TPSA) is 68.0 Å². The second-order valence-electron chi connectivity index (χ2n) is 14.4. The van der Waals surface area contributed by atoms with E-state index < -0.39 is 27.8 Å². The number of Topliss-reactive ketones (excluding diaryl/α,β-unsaturated/α-hetero) is 1. The fourth-order valence-electron chi connectivity index (χ4n) is 10.3. The minimum absolute atomic E-state index is 0.0130. The molecule has 0 aromatic rings. The van der Waals surface area contributed by atoms with E-state index in [-0.39, 0.29) is 39.6 Å². The highest BCUT2D eigenvalue weighted by Gasteiger charge is 2.81. The molecule has 3 saturated carbocycles. The first kappa shape index (κ1) is 24.2. The normalized spacial score (nSPS) is 52.6. The van der Waals surface area contributed by atoms with Crippen molar-refractivity contribution in [2.24, 2.45) is 38.9 Å². The highest BCUT2D eigenvalue weighted by atomic mass is 16.5. The Labute approximate surface area is 214 Å². The maximum absolute atomic E-state index is 14.6. The zero-order valence-electron chi connectivity index (χ0n) is 22.6. The van der Waals surface area contributed by atoms with Gasteiger partial charge in [-0.05, 0) is 68.8 Å². The highest BCUT2D eigenvalue weighted by Crippen LogP contribution is 2.79. The van der Waals surface area contributed by atoms with Crippen molar-refractivity contribution in [1.82, 2.24) is 0 Å². The Hall–Kier alpha value is -2.19. The van der Waals surface area contributed by atoms with E-state index in [1.807, 2.05) is 13.0 Å². The molecule has 192 valence electrons. The molecule has 8 atom stereocenters. The molecule has 6 aliphatic rings. The van der Waals surface area contributed by atoms with Crippen LogP contribution in [-0.4, -0.2) is 27.9 Å². The Morgan fingerprint density at radius 1 is 1.03 bits per heavy atom. The van der Waals surface area contributed by atoms with E-state index in [0.29, 0.717) is 6.42 Å². The van der Waals surface area contributed by atoms with Crippen LogP contribution in [0.15, 0.2) is 35.8 Å². The lowest BCUT2D eigenvalue weighted by molar-refractivity contribution is -0.205. The SMILES string of the molecule is [C-]#[N+]C1=C[C@]2(C)C3=CC(=O)[C@]45OC(=C)[C@@]6(CCC(C)(C)C[C@H]64)CC[C@@]5(C)[C@]3(C)CC[C@H]2[C@](C)(O)C1=O. The summed E-state index contributed by atoms with van der Waals surface area (Å²) in [5.74, 6) is 0.0266. The van der Waals surface area contributed by atoms with Crippen molar-refractivity contribution in [3.8, 4) is 0 Å². The Kier molecular flexibility index (Phi) is 4.32. The minimum Gasteiger partial charge on any atom is -0.483 e. The van der Waals surface area contributed by atoms with E-state index in [0.717, 1.165) is 49.9 Å². The molecule has 5 heteroatoms. The van der Waals surface area contributed by atoms with Crippen molar-refractivity contribution in [3.05, 3.63) is 47.2 Å². The quantitative estimate of drug-likeness (QED) is 0.427. The van der Waals surface area contributed by atoms with Gasteiger partial charge >= 0.3 is 0 Å². The number of rotatable bonds is 0. The van der Waals surface area contributed by atoms with Crippen LogP contribution in [0.1, 0.15) is 86.5 Å². The smallest absolute Gasteiger partial charge is 0.229 e. The molecule has 0 aromatic carbocycles. The Morgan fingerprint density at radius 3 is 2.36 bits per heavy atom. The lowest BCUT2D eigenvalue weighted by Crippen LogP contribution is -2.72. The number of allylic oxidation sites excluding steroid dienone is 3. The summed E-state index contributed by atoms with van der Waals surface area (Å²) < 4.78 is 6.85. The van der Waals surface area contributed by atoms with Crippen LogP contribution >= 0.6 is 0 Å². The summed E-state index contributed by atoms with van der Waals surface area (Å²) in [5.41, 5.74) is -3.26. The summed E-state index contributed by atoms with van der Waals surface area (Å²) in [5, 5.41) is 11.4. The number of hydrogen-bond donors (Lipinski definition) is 1. The molecule has 5 nitrogen and oxygen atoms in total. The van der Waals surface area contributed by atoms with Crippen molar-refractivity contribution >= 4 is 11.6 Å². The third-order valence-electron chi connectivity index (χ3n) is 12.5. The van der Waals surface area contributed by atoms with Gasteiger partial charge in [-0.1, -0.05) is 52.8 Å². The van der Waals surface area contributed by atoms with Crippen LogP contribution < -0.4 is 0 Å². The molecule has 6 rings (SSSR count). The Bertz CT molecular complexity index is 1250. The summed E-state index contributed by atoms with van der Waals surface area (Å²) in [4.78, 5) is 31.0. The molecule has 1 N–H and O–H groups in total. The molecule has 0 radical (unpaired) electrons. The van der Waals surface area contributed by atoms with Crippen LogP contribution in [0.25, 0.3) is 4.85 Å². The van der Waals surface area contributed by atoms with Gasteiger partial charge in [0.1, 0.15) is 5.60 Å². The van der Waals surface area contributed by atoms with Crippen LogP contribution in [-0.2, 0) is 14.3 Å². The van der Waals surface area contributed by atoms with E-state index in [1.54, 1.807) is 13.0 Å². The van der Waals surface area contributed by atoms with Gasteiger partial charge in [-0.3, -0.25) is 4.79 Å². The number of aliphatic hydroxyl groups is 1. The molecule has 5 aliphatic carbocycles. The zero-order chi connectivity index (χ0) is 26.3. The first-order valence-electron chi connectivity index (χ1n) is 13.6. The Morgan fingerprint density at radius 2 is 1.69 bits per heavy atom. The molecule has 4 fully saturated rings. The summed E-state index contributed by atoms with van der Waals surface area (Å²) in [7, 11) is 0. The summed E-state index contributed by atoms with van der Waals surface area (Å²) in [6.45, 7) is 24.8. The summed E-state index contributed by atoms with van der Waals surface area (Å²) in [6, 6.07) is 0. The maximum atomic E-state index is 14.6. The average molecular weight is 490 g/mol. The highest BCUT2D eigenvalue weighted by molar-refractivity contribution is 6.05. The molecule has 2 bridgehead atoms. The van der Waals surface area contributed by atoms with E-state index in [4.69, 9.17) is 11.3 Å². The van der Waals surface area contributed by atoms with Crippen molar-refractivity contribution in [2.45, 2.75) is 97.7 Å². The number of carbonyl (C=O) groups excluding carboxylic acids is 2. The number of fused-ring (bicyclic) bond motifs is 4. The fraction of sp³-hybridized carbons (Fsp3) is 0.710. The standard InChI is InChI=1S/C31H39NO4/c1-18-30-13-11-25(2,3)17-22(30)31(36-18)23(33)15-21-26(4)16-19(32-8)24(34)29(7,35)20(26)9-10-27(21,5)28(31,6)12-14-30/h15-16,20,22,35H,1,9-14,17H2,2-7H3/t20-,22-,26+,27-,28+,29+,30-,31-/m1/s1. The van der Waals surface area contributed by atoms with Crippen LogP contribution in [0.3, 0.4) is 0 Å². The third-order valence-corrected chi connectivity index (χ3v) is 12.5. The Balaban J connectivity index is 1.60. The van der Waals surface area contributed by atoms with Crippen molar-refractivity contribution in [3.63, 3.8) is 0 Å². The molecule has 0 unspecified atom stereocenters. The van der Waals surface area contributed by atoms with Gasteiger partial charge in [-0.15, -0.1) is 0 Å². The van der Waals surface area contributed by atoms with Crippen LogP contribution in [0, 0.1) is 45.5 Å². The van der Waals surface area contributed by atoms with Gasteiger partial charge in [0.15, 0.2) is 17.2 Å². The van der Waals surface area contributed by atoms with E-state index in [9.17, 15) is 14.7 Å². The van der Waals surface area contributed by atoms with Crippen molar-refractivity contribution < 1.29 is 19.4 Å². The van der Waals surface area contributed by atoms with Gasteiger partial charge in [-0.25, -0.2) is 4.85 Å². The fourth-order valence-corrected chi connectivity index (χ4v) is 10.3. The van der Waals surface area contributed by atoms with Gasteiger partial charge < -0.3 is 14.6 Å². The van der Waals surface area contributed by atoms with Crippen molar-refractivity contribution in [1.29, 1.82) is 0 Å². The third kappa shape index (κ3) is 2.29. The predicted molar refractivity (Wildman–Crippen MR) is 136 cm³/mol. The number of hydrogen-bond acceptors (Lipinski definition) is 4. The molecular weight excluding hydrogens is 450 g/mol. The summed E-state index contributed by atoms with van der Waals surface area (Å²) >= 11 is 0. The van der Waals surface area contributed by atoms with E-state index >= 15 is 0 Å². The molecule has 1 aliphatic heterocycles. The first-order chi connectivity index (χ1) is 16.6. The second-order valence-corrected chi connectivity index (χ2v) is 14.4. The maximum Gasteiger partial charge on any atom is 0.229 e. The number of carbonyl (C=O) groups is 2. The number of ether oxygens (including phenoxy) is 1. The molecule has 0 aromatic heterocycles. The van der Waals surface area contributed by atoms with E-state index in [2.05, 4.69) is 39.1 Å². The summed E-state index contributed by atoms with van der Waals surface area (Å²) in [6.07, 6.45) is 9.89. The van der Waals surface area contributed by atoms with Gasteiger partial charge in [-0.2, -0.15) is 0 Å². The minimum atomic E-state index is -1.64. The van der Waals surface area contributed by atoms with Gasteiger partial charge in [0.2, 0.25) is 5.70 Å². The predicted octanol–water partition coefficient (Wildman–Crippen LogP) is 5.95. The second kappa shape index (κ2) is 6.44. The molecular formula is C31H39NO4. The largest absolute Gasteiger partial charge is 0.483 e. The number of ketones is 2. The first-order valence-corrected chi connectivity index (χ1v) is 13.6. The van der Waals surface area contributed by atoms with Crippen LogP contribution in [0.4, 0.5) is 0 Å². The van der Waals surface area contributed by atoms with Crippen LogP contribution in [0.2, 0.25) is 0 Å². The van der Waals surface area contributed by atoms with Gasteiger partial charge in [0.25, 0.3) is 0 Å². The lowest BCUT2D eigenvalue weighted by atomic mass is 9.34. The molecule has 1 heterocycles. The molecule has 36 heavy (non-hydrogen) atoms. The molecule has 0 amide bonds. The van der Waals surface area contributed by atoms with E-state index in [1.165, 1.54) is 0 Å². The molecule has 1 spiro atoms. The lowest BCUT2D eigenvalue weighted by Gasteiger charge is -2.69. The van der Waals surface area contributed by atoms with Gasteiger partial charge in [0.05, 0.1) is 12.3 Å². The van der Waals surface area contributed by atoms with Crippen molar-refractivity contribution in [2.75, 3.05) is 0 Å².